The van der Waals surface area contributed by atoms with Crippen LogP contribution in [0.3, 0.4) is 0 Å². The lowest BCUT2D eigenvalue weighted by molar-refractivity contribution is -0.143. The van der Waals surface area contributed by atoms with E-state index in [2.05, 4.69) is 5.32 Å². The number of carbonyl (C=O) groups excluding carboxylic acids is 2. The quantitative estimate of drug-likeness (QED) is 0.212. The van der Waals surface area contributed by atoms with E-state index in [4.69, 9.17) is 32.7 Å². The number of halogens is 2. The van der Waals surface area contributed by atoms with Crippen molar-refractivity contribution >= 4 is 45.0 Å². The zero-order chi connectivity index (χ0) is 32.5. The first-order valence-electron chi connectivity index (χ1n) is 14.6. The van der Waals surface area contributed by atoms with Gasteiger partial charge in [0.2, 0.25) is 15.9 Å². The highest BCUT2D eigenvalue weighted by Crippen LogP contribution is 2.26. The van der Waals surface area contributed by atoms with E-state index >= 15 is 0 Å². The van der Waals surface area contributed by atoms with Crippen LogP contribution in [0.5, 0.6) is 5.75 Å². The minimum atomic E-state index is -3.68. The lowest BCUT2D eigenvalue weighted by atomic mass is 10.0. The summed E-state index contributed by atoms with van der Waals surface area (Å²) in [5.74, 6) is -0.513. The lowest BCUT2D eigenvalue weighted by Gasteiger charge is -2.31. The molecule has 1 saturated heterocycles. The molecule has 0 aromatic heterocycles. The summed E-state index contributed by atoms with van der Waals surface area (Å²) in [6.07, 6.45) is 0. The average molecular weight is 683 g/mol. The molecule has 12 heteroatoms. The predicted molar refractivity (Wildman–Crippen MR) is 176 cm³/mol. The van der Waals surface area contributed by atoms with Crippen molar-refractivity contribution in [2.75, 3.05) is 32.9 Å². The van der Waals surface area contributed by atoms with Crippen molar-refractivity contribution in [3.63, 3.8) is 0 Å². The standard InChI is InChI=1S/C34H33Cl2N3O6S/c35-28-10-6-25(7-11-28)22-37-34(41)33(27-4-2-1-3-5-27)39(23-26-8-12-29(36)13-9-26)32(40)24-45-30-14-16-31(17-15-30)46(42,43)38-18-20-44-21-19-38/h1-17,33H,18-24H2,(H,37,41)/t33-/m0/s1. The Morgan fingerprint density at radius 2 is 1.41 bits per heavy atom. The molecular weight excluding hydrogens is 649 g/mol. The Bertz CT molecular complexity index is 1720. The molecule has 0 saturated carbocycles. The van der Waals surface area contributed by atoms with Gasteiger partial charge in [-0.1, -0.05) is 77.8 Å². The summed E-state index contributed by atoms with van der Waals surface area (Å²) in [5.41, 5.74) is 2.24. The van der Waals surface area contributed by atoms with E-state index in [9.17, 15) is 18.0 Å². The molecule has 1 fully saturated rings. The van der Waals surface area contributed by atoms with Crippen molar-refractivity contribution in [2.45, 2.75) is 24.0 Å². The number of nitrogens with zero attached hydrogens (tertiary/aromatic N) is 2. The predicted octanol–water partition coefficient (Wildman–Crippen LogP) is 5.48. The zero-order valence-corrected chi connectivity index (χ0v) is 27.2. The summed E-state index contributed by atoms with van der Waals surface area (Å²) >= 11 is 12.1. The maximum Gasteiger partial charge on any atom is 0.261 e. The number of ether oxygens (including phenoxy) is 2. The van der Waals surface area contributed by atoms with Gasteiger partial charge in [0.25, 0.3) is 5.91 Å². The first-order chi connectivity index (χ1) is 22.2. The van der Waals surface area contributed by atoms with Crippen LogP contribution in [0.4, 0.5) is 0 Å². The second kappa shape index (κ2) is 15.6. The maximum absolute atomic E-state index is 13.9. The van der Waals surface area contributed by atoms with Crippen LogP contribution >= 0.6 is 23.2 Å². The van der Waals surface area contributed by atoms with Crippen molar-refractivity contribution in [1.82, 2.24) is 14.5 Å². The number of hydrogen-bond donors (Lipinski definition) is 1. The number of nitrogens with one attached hydrogen (secondary N) is 1. The molecule has 1 atom stereocenters. The highest BCUT2D eigenvalue weighted by atomic mass is 35.5. The fourth-order valence-electron chi connectivity index (χ4n) is 4.98. The zero-order valence-electron chi connectivity index (χ0n) is 24.9. The van der Waals surface area contributed by atoms with E-state index in [1.54, 1.807) is 48.5 Å². The molecule has 0 bridgehead atoms. The maximum atomic E-state index is 13.9. The molecule has 1 aliphatic rings. The van der Waals surface area contributed by atoms with Crippen LogP contribution in [-0.4, -0.2) is 62.3 Å². The minimum Gasteiger partial charge on any atom is -0.484 e. The number of rotatable bonds is 12. The minimum absolute atomic E-state index is 0.101. The topological polar surface area (TPSA) is 105 Å². The number of morpholine rings is 1. The Morgan fingerprint density at radius 3 is 2.02 bits per heavy atom. The van der Waals surface area contributed by atoms with Crippen LogP contribution in [0.2, 0.25) is 10.0 Å². The molecule has 4 aromatic rings. The highest BCUT2D eigenvalue weighted by Gasteiger charge is 2.32. The van der Waals surface area contributed by atoms with E-state index in [0.29, 0.717) is 34.6 Å². The van der Waals surface area contributed by atoms with Gasteiger partial charge >= 0.3 is 0 Å². The van der Waals surface area contributed by atoms with Crippen molar-refractivity contribution in [2.24, 2.45) is 0 Å². The first kappa shape index (κ1) is 33.4. The van der Waals surface area contributed by atoms with Gasteiger partial charge in [-0.3, -0.25) is 9.59 Å². The van der Waals surface area contributed by atoms with Gasteiger partial charge in [0.1, 0.15) is 11.8 Å². The third-order valence-corrected chi connectivity index (χ3v) is 9.85. The molecule has 2 amide bonds. The molecule has 0 spiro atoms. The van der Waals surface area contributed by atoms with Crippen molar-refractivity contribution in [3.05, 3.63) is 130 Å². The Kier molecular flexibility index (Phi) is 11.3. The van der Waals surface area contributed by atoms with Gasteiger partial charge in [-0.25, -0.2) is 8.42 Å². The first-order valence-corrected chi connectivity index (χ1v) is 16.8. The van der Waals surface area contributed by atoms with Crippen molar-refractivity contribution in [3.8, 4) is 5.75 Å². The summed E-state index contributed by atoms with van der Waals surface area (Å²) < 4.78 is 38.5. The largest absolute Gasteiger partial charge is 0.484 e. The van der Waals surface area contributed by atoms with Gasteiger partial charge in [-0.05, 0) is 65.2 Å². The van der Waals surface area contributed by atoms with Gasteiger partial charge < -0.3 is 19.7 Å². The summed E-state index contributed by atoms with van der Waals surface area (Å²) in [6, 6.07) is 28.2. The Labute approximate surface area is 278 Å². The van der Waals surface area contributed by atoms with E-state index in [1.807, 2.05) is 30.3 Å². The molecule has 1 N–H and O–H groups in total. The monoisotopic (exact) mass is 681 g/mol. The number of hydrogen-bond acceptors (Lipinski definition) is 6. The van der Waals surface area contributed by atoms with E-state index < -0.39 is 28.6 Å². The third-order valence-electron chi connectivity index (χ3n) is 7.44. The van der Waals surface area contributed by atoms with Crippen molar-refractivity contribution in [1.29, 1.82) is 0 Å². The van der Waals surface area contributed by atoms with Crippen LogP contribution in [-0.2, 0) is 37.4 Å². The average Bonchev–Trinajstić information content (AvgIpc) is 3.08. The van der Waals surface area contributed by atoms with Crippen LogP contribution in [0.1, 0.15) is 22.7 Å². The molecule has 0 radical (unpaired) electrons. The van der Waals surface area contributed by atoms with Crippen molar-refractivity contribution < 1.29 is 27.5 Å². The molecule has 1 heterocycles. The molecular formula is C34H33Cl2N3O6S. The van der Waals surface area contributed by atoms with Gasteiger partial charge in [-0.15, -0.1) is 0 Å². The van der Waals surface area contributed by atoms with Gasteiger partial charge in [-0.2, -0.15) is 4.31 Å². The highest BCUT2D eigenvalue weighted by molar-refractivity contribution is 7.89. The van der Waals surface area contributed by atoms with E-state index in [0.717, 1.165) is 11.1 Å². The summed E-state index contributed by atoms with van der Waals surface area (Å²) in [6.45, 7) is 1.21. The second-order valence-electron chi connectivity index (χ2n) is 10.6. The molecule has 1 aliphatic heterocycles. The third kappa shape index (κ3) is 8.65. The van der Waals surface area contributed by atoms with Crippen LogP contribution in [0.25, 0.3) is 0 Å². The van der Waals surface area contributed by atoms with Crippen LogP contribution in [0, 0.1) is 0 Å². The number of amides is 2. The van der Waals surface area contributed by atoms with E-state index in [1.165, 1.54) is 33.5 Å². The summed E-state index contributed by atoms with van der Waals surface area (Å²) in [7, 11) is -3.68. The van der Waals surface area contributed by atoms with E-state index in [-0.39, 0.29) is 37.0 Å². The Morgan fingerprint density at radius 1 is 0.826 bits per heavy atom. The lowest BCUT2D eigenvalue weighted by Crippen LogP contribution is -2.45. The van der Waals surface area contributed by atoms with Gasteiger partial charge in [0.05, 0.1) is 18.1 Å². The Balaban J connectivity index is 1.36. The van der Waals surface area contributed by atoms with Crippen LogP contribution < -0.4 is 10.1 Å². The normalized spacial score (nSPS) is 14.3. The number of sulfonamides is 1. The number of carbonyl (C=O) groups is 2. The summed E-state index contributed by atoms with van der Waals surface area (Å²) in [4.78, 5) is 29.4. The smallest absolute Gasteiger partial charge is 0.261 e. The second-order valence-corrected chi connectivity index (χ2v) is 13.4. The Hall–Kier alpha value is -3.93. The molecule has 0 aliphatic carbocycles. The summed E-state index contributed by atoms with van der Waals surface area (Å²) in [5, 5.41) is 4.10. The number of benzene rings is 4. The molecule has 9 nitrogen and oxygen atoms in total. The van der Waals surface area contributed by atoms with Gasteiger partial charge in [0.15, 0.2) is 6.61 Å². The SMILES string of the molecule is O=C(NCc1ccc(Cl)cc1)[C@H](c1ccccc1)N(Cc1ccc(Cl)cc1)C(=O)COc1ccc(S(=O)(=O)N2CCOCC2)cc1. The fourth-order valence-corrected chi connectivity index (χ4v) is 6.64. The molecule has 4 aromatic carbocycles. The molecule has 0 unspecified atom stereocenters. The fraction of sp³-hybridized carbons (Fsp3) is 0.235. The van der Waals surface area contributed by atoms with Gasteiger partial charge in [0, 0.05) is 36.2 Å². The molecule has 5 rings (SSSR count). The van der Waals surface area contributed by atoms with Crippen LogP contribution in [0.15, 0.2) is 108 Å². The molecule has 240 valence electrons. The molecule has 46 heavy (non-hydrogen) atoms.